The highest BCUT2D eigenvalue weighted by molar-refractivity contribution is 5.91. The molecule has 0 radical (unpaired) electrons. The van der Waals surface area contributed by atoms with Crippen LogP contribution in [0.25, 0.3) is 0 Å². The molecule has 2 aromatic rings. The third kappa shape index (κ3) is 4.75. The highest BCUT2D eigenvalue weighted by Crippen LogP contribution is 2.31. The fraction of sp³-hybridized carbons (Fsp3) is 0.409. The molecule has 150 valence electrons. The number of amides is 2. The minimum Gasteiger partial charge on any atom is -0.494 e. The summed E-state index contributed by atoms with van der Waals surface area (Å²) >= 11 is 0. The van der Waals surface area contributed by atoms with Gasteiger partial charge in [0, 0.05) is 25.7 Å². The van der Waals surface area contributed by atoms with Crippen LogP contribution in [0.2, 0.25) is 0 Å². The van der Waals surface area contributed by atoms with Crippen molar-refractivity contribution in [1.29, 1.82) is 0 Å². The smallest absolute Gasteiger partial charge is 0.322 e. The molecule has 0 spiro atoms. The van der Waals surface area contributed by atoms with Gasteiger partial charge in [0.05, 0.1) is 24.9 Å². The molecule has 1 heterocycles. The average molecular weight is 383 g/mol. The summed E-state index contributed by atoms with van der Waals surface area (Å²) in [5.41, 5.74) is 1.76. The molecule has 0 aromatic heterocycles. The summed E-state index contributed by atoms with van der Waals surface area (Å²) in [5.74, 6) is 1.35. The zero-order valence-electron chi connectivity index (χ0n) is 16.9. The molecular weight excluding hydrogens is 354 g/mol. The maximum absolute atomic E-state index is 13.2. The molecule has 0 aliphatic carbocycles. The van der Waals surface area contributed by atoms with Gasteiger partial charge in [-0.05, 0) is 38.6 Å². The van der Waals surface area contributed by atoms with E-state index in [2.05, 4.69) is 29.4 Å². The summed E-state index contributed by atoms with van der Waals surface area (Å²) in [6, 6.07) is 15.6. The Kier molecular flexibility index (Phi) is 6.76. The van der Waals surface area contributed by atoms with Crippen LogP contribution in [0.1, 0.15) is 25.5 Å². The van der Waals surface area contributed by atoms with Gasteiger partial charge >= 0.3 is 6.03 Å². The molecule has 1 atom stereocenters. The first-order valence-corrected chi connectivity index (χ1v) is 9.83. The van der Waals surface area contributed by atoms with Crippen molar-refractivity contribution in [2.75, 3.05) is 45.2 Å². The van der Waals surface area contributed by atoms with Crippen LogP contribution in [0, 0.1) is 0 Å². The molecule has 3 rings (SSSR count). The lowest BCUT2D eigenvalue weighted by Gasteiger charge is -2.40. The van der Waals surface area contributed by atoms with Gasteiger partial charge in [-0.3, -0.25) is 0 Å². The Bertz CT molecular complexity index is 782. The van der Waals surface area contributed by atoms with Gasteiger partial charge in [-0.1, -0.05) is 30.3 Å². The molecule has 0 saturated carbocycles. The van der Waals surface area contributed by atoms with E-state index in [4.69, 9.17) is 9.47 Å². The number of urea groups is 1. The van der Waals surface area contributed by atoms with Crippen molar-refractivity contribution < 1.29 is 14.3 Å². The molecule has 1 aliphatic heterocycles. The van der Waals surface area contributed by atoms with E-state index in [0.717, 1.165) is 18.7 Å². The lowest BCUT2D eigenvalue weighted by Crippen LogP contribution is -2.50. The van der Waals surface area contributed by atoms with Crippen molar-refractivity contribution in [1.82, 2.24) is 9.80 Å². The van der Waals surface area contributed by atoms with Crippen LogP contribution in [0.4, 0.5) is 10.5 Å². The molecule has 1 aliphatic rings. The number of piperazine rings is 1. The van der Waals surface area contributed by atoms with Gasteiger partial charge in [-0.2, -0.15) is 0 Å². The molecular formula is C22H29N3O3. The van der Waals surface area contributed by atoms with Gasteiger partial charge in [-0.25, -0.2) is 4.79 Å². The molecule has 6 nitrogen and oxygen atoms in total. The number of nitrogens with zero attached hydrogens (tertiary/aromatic N) is 2. The molecule has 0 bridgehead atoms. The van der Waals surface area contributed by atoms with E-state index >= 15 is 0 Å². The van der Waals surface area contributed by atoms with Gasteiger partial charge in [0.25, 0.3) is 0 Å². The highest BCUT2D eigenvalue weighted by Gasteiger charge is 2.30. The van der Waals surface area contributed by atoms with E-state index in [9.17, 15) is 4.79 Å². The molecule has 2 amide bonds. The second-order valence-electron chi connectivity index (χ2n) is 6.84. The van der Waals surface area contributed by atoms with Crippen LogP contribution in [0.3, 0.4) is 0 Å². The number of nitrogens with one attached hydrogen (secondary N) is 1. The molecule has 1 fully saturated rings. The van der Waals surface area contributed by atoms with E-state index in [1.165, 1.54) is 0 Å². The van der Waals surface area contributed by atoms with E-state index in [1.54, 1.807) is 0 Å². The predicted molar refractivity (Wildman–Crippen MR) is 111 cm³/mol. The number of ether oxygens (including phenoxy) is 2. The van der Waals surface area contributed by atoms with Gasteiger partial charge < -0.3 is 24.6 Å². The summed E-state index contributed by atoms with van der Waals surface area (Å²) < 4.78 is 11.3. The largest absolute Gasteiger partial charge is 0.494 e. The summed E-state index contributed by atoms with van der Waals surface area (Å²) in [5, 5.41) is 3.04. The topological polar surface area (TPSA) is 54.0 Å². The van der Waals surface area contributed by atoms with Crippen LogP contribution < -0.4 is 14.8 Å². The van der Waals surface area contributed by atoms with E-state index in [-0.39, 0.29) is 12.1 Å². The van der Waals surface area contributed by atoms with Crippen LogP contribution in [-0.4, -0.2) is 55.7 Å². The Hall–Kier alpha value is -2.73. The van der Waals surface area contributed by atoms with E-state index in [1.807, 2.05) is 55.1 Å². The minimum absolute atomic E-state index is 0.00516. The number of anilines is 1. The second-order valence-corrected chi connectivity index (χ2v) is 6.84. The summed E-state index contributed by atoms with van der Waals surface area (Å²) in [6.45, 7) is 7.26. The number of hydrogen-bond acceptors (Lipinski definition) is 4. The summed E-state index contributed by atoms with van der Waals surface area (Å²) in [7, 11) is 2.09. The molecule has 0 unspecified atom stereocenters. The van der Waals surface area contributed by atoms with Crippen molar-refractivity contribution in [3.8, 4) is 11.5 Å². The van der Waals surface area contributed by atoms with Crippen molar-refractivity contribution in [2.45, 2.75) is 19.9 Å². The Morgan fingerprint density at radius 3 is 2.54 bits per heavy atom. The predicted octanol–water partition coefficient (Wildman–Crippen LogP) is 4.00. The van der Waals surface area contributed by atoms with Crippen LogP contribution in [0.5, 0.6) is 11.5 Å². The van der Waals surface area contributed by atoms with Gasteiger partial charge in [0.15, 0.2) is 0 Å². The number of rotatable bonds is 6. The monoisotopic (exact) mass is 383 g/mol. The molecule has 6 heteroatoms. The number of likely N-dealkylation sites (N-methyl/N-ethyl adjacent to an activating group) is 1. The maximum Gasteiger partial charge on any atom is 0.322 e. The molecule has 1 N–H and O–H groups in total. The minimum atomic E-state index is -0.128. The Morgan fingerprint density at radius 1 is 1.07 bits per heavy atom. The first-order valence-electron chi connectivity index (χ1n) is 9.83. The Balaban J connectivity index is 1.83. The Morgan fingerprint density at radius 2 is 1.82 bits per heavy atom. The number of benzene rings is 2. The fourth-order valence-electron chi connectivity index (χ4n) is 3.45. The quantitative estimate of drug-likeness (QED) is 0.819. The summed E-state index contributed by atoms with van der Waals surface area (Å²) in [6.07, 6.45) is 0. The van der Waals surface area contributed by atoms with Crippen LogP contribution in [-0.2, 0) is 0 Å². The van der Waals surface area contributed by atoms with E-state index in [0.29, 0.717) is 36.9 Å². The first-order chi connectivity index (χ1) is 13.6. The first kappa shape index (κ1) is 20.0. The molecule has 1 saturated heterocycles. The molecule has 28 heavy (non-hydrogen) atoms. The van der Waals surface area contributed by atoms with Crippen LogP contribution >= 0.6 is 0 Å². The highest BCUT2D eigenvalue weighted by atomic mass is 16.5. The second kappa shape index (κ2) is 9.46. The zero-order chi connectivity index (χ0) is 19.9. The SMILES string of the molecule is CCOc1ccc(OCC)c(NC(=O)N2CCN(C)C[C@H]2c2ccccc2)c1. The number of hydrogen-bond donors (Lipinski definition) is 1. The van der Waals surface area contributed by atoms with Crippen molar-refractivity contribution in [3.05, 3.63) is 54.1 Å². The zero-order valence-corrected chi connectivity index (χ0v) is 16.9. The lowest BCUT2D eigenvalue weighted by atomic mass is 10.0. The molecule has 2 aromatic carbocycles. The third-order valence-electron chi connectivity index (χ3n) is 4.83. The summed E-state index contributed by atoms with van der Waals surface area (Å²) in [4.78, 5) is 17.3. The number of carbonyl (C=O) groups excluding carboxylic acids is 1. The van der Waals surface area contributed by atoms with Crippen molar-refractivity contribution >= 4 is 11.7 Å². The average Bonchev–Trinajstić information content (AvgIpc) is 2.71. The van der Waals surface area contributed by atoms with Gasteiger partial charge in [0.2, 0.25) is 0 Å². The van der Waals surface area contributed by atoms with Crippen LogP contribution in [0.15, 0.2) is 48.5 Å². The fourth-order valence-corrected chi connectivity index (χ4v) is 3.45. The normalized spacial score (nSPS) is 17.2. The maximum atomic E-state index is 13.2. The number of carbonyl (C=O) groups is 1. The van der Waals surface area contributed by atoms with Gasteiger partial charge in [0.1, 0.15) is 11.5 Å². The van der Waals surface area contributed by atoms with Crippen molar-refractivity contribution in [2.24, 2.45) is 0 Å². The Labute approximate surface area is 167 Å². The standard InChI is InChI=1S/C22H29N3O3/c1-4-27-18-11-12-21(28-5-2)19(15-18)23-22(26)25-14-13-24(3)16-20(25)17-9-7-6-8-10-17/h6-12,15,20H,4-5,13-14,16H2,1-3H3,(H,23,26)/t20-/m0/s1. The van der Waals surface area contributed by atoms with Gasteiger partial charge in [-0.15, -0.1) is 0 Å². The third-order valence-corrected chi connectivity index (χ3v) is 4.83. The van der Waals surface area contributed by atoms with E-state index < -0.39 is 0 Å². The lowest BCUT2D eigenvalue weighted by molar-refractivity contribution is 0.116. The van der Waals surface area contributed by atoms with Crippen molar-refractivity contribution in [3.63, 3.8) is 0 Å².